The van der Waals surface area contributed by atoms with Crippen molar-refractivity contribution in [3.63, 3.8) is 0 Å². The van der Waals surface area contributed by atoms with E-state index in [-0.39, 0.29) is 235 Å². The monoisotopic (exact) mass is 1320 g/mol. The van der Waals surface area contributed by atoms with Crippen LogP contribution in [0.4, 0.5) is 0 Å². The Bertz CT molecular complexity index is 2400. The molecule has 1 aliphatic heterocycles. The van der Waals surface area contributed by atoms with E-state index in [0.29, 0.717) is 11.5 Å². The number of benzene rings is 2. The standard InChI is InChI=1S/C59H93N11O23/c60-48(58(82)83)33-43-1-5-46(6-2-43)92-23-11-64-53(74)41-90-31-29-88-27-25-86-21-9-62-50(71)35-45(66-52(73)37-67-13-15-68(38-55(76)77)17-19-70(40-57(80)81)20-18-69(16-14-67)39-56(78)79)36-51(72)63-10-22-87-26-28-89-30-32-91-42-54(75)65-12-24-93-47-7-3-44(4-8-47)34-49(61)59(84)85/h1-8,45,48-49H,9-42,60-61H2,(H,62,71)(H,63,72)(H,64,74)(H,65,75)(H,66,73)(H,76,77)(H,78,79)(H,80,81)(H,82,83)(H,84,85)/t48-,49-/m0/s1. The Morgan fingerprint density at radius 2 is 0.667 bits per heavy atom. The summed E-state index contributed by atoms with van der Waals surface area (Å²) in [5, 5.41) is 60.3. The third kappa shape index (κ3) is 40.8. The molecule has 1 aliphatic rings. The van der Waals surface area contributed by atoms with E-state index in [2.05, 4.69) is 26.6 Å². The van der Waals surface area contributed by atoms with Crippen LogP contribution in [-0.4, -0.2) is 320 Å². The van der Waals surface area contributed by atoms with E-state index in [9.17, 15) is 63.3 Å². The van der Waals surface area contributed by atoms with Gasteiger partial charge < -0.3 is 101 Å². The van der Waals surface area contributed by atoms with Gasteiger partial charge in [0.05, 0.1) is 105 Å². The minimum Gasteiger partial charge on any atom is -0.492 e. The van der Waals surface area contributed by atoms with Crippen molar-refractivity contribution in [3.05, 3.63) is 59.7 Å². The first-order valence-corrected chi connectivity index (χ1v) is 30.4. The maximum absolute atomic E-state index is 13.8. The molecule has 3 rings (SSSR count). The second-order valence-corrected chi connectivity index (χ2v) is 21.2. The summed E-state index contributed by atoms with van der Waals surface area (Å²) in [6.45, 7) is 2.09. The quantitative estimate of drug-likeness (QED) is 0.0277. The molecule has 0 bridgehead atoms. The van der Waals surface area contributed by atoms with Gasteiger partial charge in [0.15, 0.2) is 0 Å². The number of carboxylic acids is 5. The number of carbonyl (C=O) groups is 10. The SMILES string of the molecule is N[C@@H](Cc1ccc(OCCNC(=O)COCCOCCOCCNC(=O)CC(CC(=O)NCCOCCOCCOCC(=O)NCCOc2ccc(C[C@H](N)C(=O)O)cc2)NC(=O)CN2CCN(CC(=O)O)CCN(CC(=O)O)CCN(CC(=O)O)CC2)cc1)C(=O)O. The summed E-state index contributed by atoms with van der Waals surface area (Å²) < 4.78 is 44.0. The Kier molecular flexibility index (Phi) is 41.1. The number of carbonyl (C=O) groups excluding carboxylic acids is 5. The van der Waals surface area contributed by atoms with E-state index in [1.54, 1.807) is 68.1 Å². The number of nitrogens with two attached hydrogens (primary N) is 2. The molecule has 34 nitrogen and oxygen atoms in total. The van der Waals surface area contributed by atoms with Crippen molar-refractivity contribution in [2.45, 2.75) is 43.8 Å². The van der Waals surface area contributed by atoms with Gasteiger partial charge in [-0.2, -0.15) is 0 Å². The van der Waals surface area contributed by atoms with Crippen molar-refractivity contribution in [1.29, 1.82) is 0 Å². The maximum Gasteiger partial charge on any atom is 0.320 e. The van der Waals surface area contributed by atoms with Crippen LogP contribution >= 0.6 is 0 Å². The normalized spacial score (nSPS) is 14.4. The van der Waals surface area contributed by atoms with Crippen molar-refractivity contribution in [1.82, 2.24) is 46.2 Å². The molecule has 2 aromatic rings. The lowest BCUT2D eigenvalue weighted by Gasteiger charge is -2.33. The van der Waals surface area contributed by atoms with Gasteiger partial charge in [-0.15, -0.1) is 0 Å². The largest absolute Gasteiger partial charge is 0.492 e. The van der Waals surface area contributed by atoms with E-state index >= 15 is 0 Å². The van der Waals surface area contributed by atoms with E-state index in [0.717, 1.165) is 11.1 Å². The molecule has 34 heteroatoms. The molecule has 0 aliphatic carbocycles. The van der Waals surface area contributed by atoms with Gasteiger partial charge in [0.1, 0.15) is 50.0 Å². The second-order valence-electron chi connectivity index (χ2n) is 21.2. The molecule has 1 saturated heterocycles. The minimum atomic E-state index is -1.11. The average Bonchev–Trinajstić information content (AvgIpc) is 2.70. The van der Waals surface area contributed by atoms with Crippen molar-refractivity contribution in [2.75, 3.05) is 197 Å². The fraction of sp³-hybridized carbons (Fsp3) is 0.627. The topological polar surface area (TPSA) is 471 Å². The lowest BCUT2D eigenvalue weighted by molar-refractivity contribution is -0.140. The number of rotatable bonds is 49. The summed E-state index contributed by atoms with van der Waals surface area (Å²) in [6, 6.07) is 10.6. The van der Waals surface area contributed by atoms with Gasteiger partial charge in [-0.1, -0.05) is 24.3 Å². The fourth-order valence-electron chi connectivity index (χ4n) is 8.71. The zero-order chi connectivity index (χ0) is 68.0. The zero-order valence-electron chi connectivity index (χ0n) is 52.4. The van der Waals surface area contributed by atoms with Gasteiger partial charge in [0.2, 0.25) is 29.5 Å². The van der Waals surface area contributed by atoms with Crippen LogP contribution in [0.25, 0.3) is 0 Å². The maximum atomic E-state index is 13.8. The van der Waals surface area contributed by atoms with Crippen LogP contribution in [-0.2, 0) is 89.2 Å². The van der Waals surface area contributed by atoms with Crippen LogP contribution in [0.5, 0.6) is 11.5 Å². The highest BCUT2D eigenvalue weighted by Gasteiger charge is 2.25. The lowest BCUT2D eigenvalue weighted by atomic mass is 10.1. The molecule has 0 saturated carbocycles. The molecule has 0 aromatic heterocycles. The average molecular weight is 1320 g/mol. The van der Waals surface area contributed by atoms with Gasteiger partial charge in [0.25, 0.3) is 0 Å². The molecule has 522 valence electrons. The van der Waals surface area contributed by atoms with E-state index in [1.165, 1.54) is 0 Å². The molecule has 0 spiro atoms. The summed E-state index contributed by atoms with van der Waals surface area (Å²) in [5.41, 5.74) is 12.6. The third-order valence-corrected chi connectivity index (χ3v) is 13.5. The first kappa shape index (κ1) is 79.5. The predicted octanol–water partition coefficient (Wildman–Crippen LogP) is -4.64. The van der Waals surface area contributed by atoms with Crippen molar-refractivity contribution >= 4 is 59.4 Å². The van der Waals surface area contributed by atoms with Gasteiger partial charge in [0, 0.05) is 84.3 Å². The lowest BCUT2D eigenvalue weighted by Crippen LogP contribution is -2.51. The number of nitrogens with zero attached hydrogens (tertiary/aromatic N) is 4. The van der Waals surface area contributed by atoms with Crippen LogP contribution in [0.15, 0.2) is 48.5 Å². The Balaban J connectivity index is 1.40. The molecule has 5 amide bonds. The molecule has 2 atom stereocenters. The number of ether oxygens (including phenoxy) is 8. The fourth-order valence-corrected chi connectivity index (χ4v) is 8.71. The Hall–Kier alpha value is -7.74. The van der Waals surface area contributed by atoms with Crippen LogP contribution in [0.2, 0.25) is 0 Å². The van der Waals surface area contributed by atoms with Gasteiger partial charge in [-0.05, 0) is 48.2 Å². The molecule has 0 unspecified atom stereocenters. The summed E-state index contributed by atoms with van der Waals surface area (Å²) in [4.78, 5) is 128. The molecular weight excluding hydrogens is 1230 g/mol. The highest BCUT2D eigenvalue weighted by molar-refractivity contribution is 5.84. The number of hydrogen-bond donors (Lipinski definition) is 12. The number of aliphatic carboxylic acids is 5. The smallest absolute Gasteiger partial charge is 0.320 e. The molecule has 14 N–H and O–H groups in total. The number of amides is 5. The number of carboxylic acid groups (broad SMARTS) is 5. The van der Waals surface area contributed by atoms with E-state index < -0.39 is 65.7 Å². The van der Waals surface area contributed by atoms with Crippen LogP contribution in [0.3, 0.4) is 0 Å². The molecule has 1 heterocycles. The molecule has 2 aromatic carbocycles. The van der Waals surface area contributed by atoms with Gasteiger partial charge in [-0.3, -0.25) is 67.5 Å². The van der Waals surface area contributed by atoms with Gasteiger partial charge in [-0.25, -0.2) is 0 Å². The summed E-state index contributed by atoms with van der Waals surface area (Å²) in [6.07, 6.45) is -0.267. The number of hydrogen-bond acceptors (Lipinski definition) is 24. The highest BCUT2D eigenvalue weighted by Crippen LogP contribution is 2.15. The zero-order valence-corrected chi connectivity index (χ0v) is 52.4. The van der Waals surface area contributed by atoms with Crippen LogP contribution < -0.4 is 47.5 Å². The van der Waals surface area contributed by atoms with Crippen molar-refractivity contribution < 1.29 is 111 Å². The highest BCUT2D eigenvalue weighted by atomic mass is 16.6. The second kappa shape index (κ2) is 48.0. The molecular formula is C59H93N11O23. The predicted molar refractivity (Wildman–Crippen MR) is 329 cm³/mol. The molecule has 93 heavy (non-hydrogen) atoms. The third-order valence-electron chi connectivity index (χ3n) is 13.5. The Morgan fingerprint density at radius 3 is 0.989 bits per heavy atom. The first-order valence-electron chi connectivity index (χ1n) is 30.4. The molecule has 1 fully saturated rings. The first-order chi connectivity index (χ1) is 44.6. The number of nitrogens with one attached hydrogen (secondary N) is 5. The van der Waals surface area contributed by atoms with Crippen LogP contribution in [0, 0.1) is 0 Å². The Morgan fingerprint density at radius 1 is 0.376 bits per heavy atom. The van der Waals surface area contributed by atoms with E-state index in [4.69, 9.17) is 59.6 Å². The van der Waals surface area contributed by atoms with Gasteiger partial charge >= 0.3 is 29.8 Å². The van der Waals surface area contributed by atoms with E-state index in [1.807, 2.05) is 0 Å². The summed E-state index contributed by atoms with van der Waals surface area (Å²) >= 11 is 0. The van der Waals surface area contributed by atoms with Crippen molar-refractivity contribution in [3.8, 4) is 11.5 Å². The van der Waals surface area contributed by atoms with Crippen molar-refractivity contribution in [2.24, 2.45) is 11.5 Å². The molecule has 0 radical (unpaired) electrons. The minimum absolute atomic E-state index is 0.0745. The Labute approximate surface area is 539 Å². The summed E-state index contributed by atoms with van der Waals surface area (Å²) in [5.74, 6) is -6.71. The summed E-state index contributed by atoms with van der Waals surface area (Å²) in [7, 11) is 0. The van der Waals surface area contributed by atoms with Crippen LogP contribution in [0.1, 0.15) is 24.0 Å².